The standard InChI is InChI=1S/C14H26N4OS.HI/c1-5-12-11(3)20-13(18-12)7-8-16-14(15-6-2)17-9-10-19-4;/h5-10H2,1-4H3,(H2,15,16,17);1H. The van der Waals surface area contributed by atoms with Gasteiger partial charge in [-0.25, -0.2) is 4.98 Å². The van der Waals surface area contributed by atoms with Crippen molar-refractivity contribution in [3.8, 4) is 0 Å². The van der Waals surface area contributed by atoms with Gasteiger partial charge in [0.2, 0.25) is 0 Å². The van der Waals surface area contributed by atoms with Crippen LogP contribution >= 0.6 is 35.3 Å². The van der Waals surface area contributed by atoms with Gasteiger partial charge >= 0.3 is 0 Å². The third-order valence-electron chi connectivity index (χ3n) is 2.81. The lowest BCUT2D eigenvalue weighted by Gasteiger charge is -2.10. The fourth-order valence-corrected chi connectivity index (χ4v) is 2.82. The van der Waals surface area contributed by atoms with E-state index in [1.165, 1.54) is 15.6 Å². The summed E-state index contributed by atoms with van der Waals surface area (Å²) < 4.78 is 5.00. The van der Waals surface area contributed by atoms with Crippen LogP contribution in [0, 0.1) is 6.92 Å². The summed E-state index contributed by atoms with van der Waals surface area (Å²) in [4.78, 5) is 10.4. The predicted molar refractivity (Wildman–Crippen MR) is 101 cm³/mol. The Morgan fingerprint density at radius 2 is 2.10 bits per heavy atom. The summed E-state index contributed by atoms with van der Waals surface area (Å²) in [6.45, 7) is 9.36. The van der Waals surface area contributed by atoms with Crippen LogP contribution in [0.3, 0.4) is 0 Å². The van der Waals surface area contributed by atoms with Crippen molar-refractivity contribution >= 4 is 41.3 Å². The largest absolute Gasteiger partial charge is 0.383 e. The maximum atomic E-state index is 5.00. The molecule has 0 bridgehead atoms. The molecule has 0 amide bonds. The zero-order valence-corrected chi connectivity index (χ0v) is 16.5. The minimum Gasteiger partial charge on any atom is -0.383 e. The van der Waals surface area contributed by atoms with Crippen LogP contribution in [0.1, 0.15) is 29.4 Å². The van der Waals surface area contributed by atoms with Crippen LogP contribution in [0.2, 0.25) is 0 Å². The first-order valence-corrected chi connectivity index (χ1v) is 7.99. The highest BCUT2D eigenvalue weighted by molar-refractivity contribution is 14.0. The van der Waals surface area contributed by atoms with Crippen molar-refractivity contribution in [2.24, 2.45) is 4.99 Å². The van der Waals surface area contributed by atoms with E-state index in [1.807, 2.05) is 0 Å². The normalized spacial score (nSPS) is 11.1. The van der Waals surface area contributed by atoms with Gasteiger partial charge in [0.1, 0.15) is 0 Å². The molecule has 7 heteroatoms. The number of nitrogens with zero attached hydrogens (tertiary/aromatic N) is 2. The maximum absolute atomic E-state index is 5.00. The molecule has 0 aliphatic heterocycles. The van der Waals surface area contributed by atoms with Gasteiger partial charge in [-0.3, -0.25) is 4.99 Å². The summed E-state index contributed by atoms with van der Waals surface area (Å²) in [6, 6.07) is 0. The molecule has 0 aliphatic carbocycles. The van der Waals surface area contributed by atoms with Gasteiger partial charge in [0.05, 0.1) is 23.9 Å². The topological polar surface area (TPSA) is 58.5 Å². The lowest BCUT2D eigenvalue weighted by atomic mass is 10.3. The molecular formula is C14H27IN4OS. The van der Waals surface area contributed by atoms with Gasteiger partial charge in [0, 0.05) is 31.5 Å². The number of hydrogen-bond acceptors (Lipinski definition) is 4. The fourth-order valence-electron chi connectivity index (χ4n) is 1.80. The number of guanidine groups is 1. The molecule has 5 nitrogen and oxygen atoms in total. The molecule has 0 fully saturated rings. The van der Waals surface area contributed by atoms with Crippen molar-refractivity contribution in [3.63, 3.8) is 0 Å². The molecule has 0 radical (unpaired) electrons. The van der Waals surface area contributed by atoms with Crippen LogP contribution in [0.15, 0.2) is 4.99 Å². The molecule has 0 atom stereocenters. The van der Waals surface area contributed by atoms with Crippen molar-refractivity contribution in [2.75, 3.05) is 33.4 Å². The van der Waals surface area contributed by atoms with Crippen molar-refractivity contribution in [1.82, 2.24) is 15.6 Å². The molecule has 0 unspecified atom stereocenters. The molecule has 0 saturated heterocycles. The number of aryl methyl sites for hydroxylation is 2. The lowest BCUT2D eigenvalue weighted by molar-refractivity contribution is 0.208. The lowest BCUT2D eigenvalue weighted by Crippen LogP contribution is -2.38. The SMILES string of the molecule is CCNC(=NCCOC)NCCc1nc(CC)c(C)s1.I. The van der Waals surface area contributed by atoms with E-state index in [1.54, 1.807) is 18.4 Å². The molecule has 2 N–H and O–H groups in total. The van der Waals surface area contributed by atoms with Gasteiger partial charge in [0.25, 0.3) is 0 Å². The Morgan fingerprint density at radius 1 is 1.33 bits per heavy atom. The van der Waals surface area contributed by atoms with Gasteiger partial charge in [0.15, 0.2) is 5.96 Å². The van der Waals surface area contributed by atoms with Crippen LogP contribution in [0.25, 0.3) is 0 Å². The Kier molecular flexibility index (Phi) is 11.9. The van der Waals surface area contributed by atoms with Crippen molar-refractivity contribution in [1.29, 1.82) is 0 Å². The fraction of sp³-hybridized carbons (Fsp3) is 0.714. The van der Waals surface area contributed by atoms with Gasteiger partial charge in [-0.2, -0.15) is 0 Å². The number of rotatable bonds is 8. The second-order valence-corrected chi connectivity index (χ2v) is 5.68. The van der Waals surface area contributed by atoms with E-state index in [0.29, 0.717) is 13.2 Å². The number of ether oxygens (including phenoxy) is 1. The molecule has 21 heavy (non-hydrogen) atoms. The highest BCUT2D eigenvalue weighted by Crippen LogP contribution is 2.17. The minimum absolute atomic E-state index is 0. The average molecular weight is 426 g/mol. The van der Waals surface area contributed by atoms with E-state index in [0.717, 1.165) is 31.9 Å². The number of aliphatic imine (C=N–C) groups is 1. The molecular weight excluding hydrogens is 399 g/mol. The third-order valence-corrected chi connectivity index (χ3v) is 3.89. The molecule has 1 aromatic heterocycles. The number of hydrogen-bond donors (Lipinski definition) is 2. The van der Waals surface area contributed by atoms with Gasteiger partial charge in [-0.05, 0) is 20.3 Å². The Balaban J connectivity index is 0.00000400. The monoisotopic (exact) mass is 426 g/mol. The van der Waals surface area contributed by atoms with Crippen LogP contribution in [-0.4, -0.2) is 44.3 Å². The van der Waals surface area contributed by atoms with E-state index in [2.05, 4.69) is 41.4 Å². The first-order chi connectivity index (χ1) is 9.71. The van der Waals surface area contributed by atoms with E-state index in [9.17, 15) is 0 Å². The predicted octanol–water partition coefficient (Wildman–Crippen LogP) is 2.38. The van der Waals surface area contributed by atoms with Crippen LogP contribution in [0.5, 0.6) is 0 Å². The highest BCUT2D eigenvalue weighted by atomic mass is 127. The molecule has 1 aromatic rings. The average Bonchev–Trinajstić information content (AvgIpc) is 2.79. The van der Waals surface area contributed by atoms with E-state index in [4.69, 9.17) is 4.74 Å². The highest BCUT2D eigenvalue weighted by Gasteiger charge is 2.05. The first kappa shape index (κ1) is 20.6. The number of nitrogens with one attached hydrogen (secondary N) is 2. The van der Waals surface area contributed by atoms with Crippen LogP contribution in [-0.2, 0) is 17.6 Å². The quantitative estimate of drug-likeness (QED) is 0.290. The molecule has 1 rings (SSSR count). The molecule has 122 valence electrons. The second-order valence-electron chi connectivity index (χ2n) is 4.39. The zero-order chi connectivity index (χ0) is 14.8. The summed E-state index contributed by atoms with van der Waals surface area (Å²) in [5.41, 5.74) is 1.23. The van der Waals surface area contributed by atoms with E-state index < -0.39 is 0 Å². The Labute approximate surface area is 149 Å². The summed E-state index contributed by atoms with van der Waals surface area (Å²) in [5, 5.41) is 7.74. The van der Waals surface area contributed by atoms with Crippen molar-refractivity contribution < 1.29 is 4.74 Å². The molecule has 0 saturated carbocycles. The molecule has 0 aliphatic rings. The summed E-state index contributed by atoms with van der Waals surface area (Å²) in [7, 11) is 1.69. The number of thiazole rings is 1. The molecule has 0 aromatic carbocycles. The summed E-state index contributed by atoms with van der Waals surface area (Å²) in [6.07, 6.45) is 1.94. The Hall–Kier alpha value is -0.410. The smallest absolute Gasteiger partial charge is 0.191 e. The number of halogens is 1. The second kappa shape index (κ2) is 12.2. The summed E-state index contributed by atoms with van der Waals surface area (Å²) in [5.74, 6) is 0.841. The van der Waals surface area contributed by atoms with Gasteiger partial charge < -0.3 is 15.4 Å². The zero-order valence-electron chi connectivity index (χ0n) is 13.4. The number of methoxy groups -OCH3 is 1. The number of aromatic nitrogens is 1. The Bertz CT molecular complexity index is 423. The van der Waals surface area contributed by atoms with Crippen molar-refractivity contribution in [3.05, 3.63) is 15.6 Å². The third kappa shape index (κ3) is 7.96. The summed E-state index contributed by atoms with van der Waals surface area (Å²) >= 11 is 1.79. The van der Waals surface area contributed by atoms with E-state index in [-0.39, 0.29) is 24.0 Å². The molecule has 0 spiro atoms. The minimum atomic E-state index is 0. The van der Waals surface area contributed by atoms with Crippen LogP contribution < -0.4 is 10.6 Å². The van der Waals surface area contributed by atoms with Crippen LogP contribution in [0.4, 0.5) is 0 Å². The molecule has 1 heterocycles. The maximum Gasteiger partial charge on any atom is 0.191 e. The van der Waals surface area contributed by atoms with E-state index >= 15 is 0 Å². The van der Waals surface area contributed by atoms with Gasteiger partial charge in [-0.15, -0.1) is 35.3 Å². The Morgan fingerprint density at radius 3 is 2.67 bits per heavy atom. The first-order valence-electron chi connectivity index (χ1n) is 7.17. The van der Waals surface area contributed by atoms with Crippen molar-refractivity contribution in [2.45, 2.75) is 33.6 Å². The van der Waals surface area contributed by atoms with Gasteiger partial charge in [-0.1, -0.05) is 6.92 Å².